The van der Waals surface area contributed by atoms with Crippen LogP contribution in [0, 0.1) is 13.8 Å². The van der Waals surface area contributed by atoms with Crippen LogP contribution >= 0.6 is 15.9 Å². The van der Waals surface area contributed by atoms with Crippen LogP contribution in [0.1, 0.15) is 60.1 Å². The number of rotatable bonds is 7. The standard InChI is InChI=1S/C21H27BrN2O2/c1-6-12-26-20-17(13(4)23-14(5)18(20)22)21(25)24-19-15(7-2)10-9-11-16(19)8-3/h9-11H,6-8,12H2,1-5H3,(H,24,25). The summed E-state index contributed by atoms with van der Waals surface area (Å²) in [6.45, 7) is 10.5. The number of anilines is 1. The number of benzene rings is 1. The molecule has 0 aliphatic rings. The van der Waals surface area contributed by atoms with Crippen LogP contribution < -0.4 is 10.1 Å². The summed E-state index contributed by atoms with van der Waals surface area (Å²) < 4.78 is 6.64. The van der Waals surface area contributed by atoms with Crippen molar-refractivity contribution in [3.05, 3.63) is 50.8 Å². The van der Waals surface area contributed by atoms with Gasteiger partial charge in [0.15, 0.2) is 0 Å². The lowest BCUT2D eigenvalue weighted by atomic mass is 10.0. The number of carbonyl (C=O) groups is 1. The molecule has 0 atom stereocenters. The second-order valence-corrected chi connectivity index (χ2v) is 7.05. The Labute approximate surface area is 164 Å². The van der Waals surface area contributed by atoms with Crippen molar-refractivity contribution in [1.29, 1.82) is 0 Å². The highest BCUT2D eigenvalue weighted by Crippen LogP contribution is 2.34. The van der Waals surface area contributed by atoms with Gasteiger partial charge in [-0.05, 0) is 60.2 Å². The number of ether oxygens (including phenoxy) is 1. The quantitative estimate of drug-likeness (QED) is 0.633. The Bertz CT molecular complexity index is 781. The van der Waals surface area contributed by atoms with Gasteiger partial charge in [0.05, 0.1) is 22.5 Å². The molecule has 2 rings (SSSR count). The third kappa shape index (κ3) is 4.26. The Morgan fingerprint density at radius 3 is 2.27 bits per heavy atom. The monoisotopic (exact) mass is 418 g/mol. The van der Waals surface area contributed by atoms with Crippen molar-refractivity contribution in [3.63, 3.8) is 0 Å². The van der Waals surface area contributed by atoms with Crippen molar-refractivity contribution in [1.82, 2.24) is 4.98 Å². The molecule has 0 unspecified atom stereocenters. The van der Waals surface area contributed by atoms with Crippen molar-refractivity contribution in [3.8, 4) is 5.75 Å². The van der Waals surface area contributed by atoms with Crippen LogP contribution in [0.3, 0.4) is 0 Å². The van der Waals surface area contributed by atoms with E-state index in [4.69, 9.17) is 4.74 Å². The summed E-state index contributed by atoms with van der Waals surface area (Å²) in [5.41, 5.74) is 5.13. The number of pyridine rings is 1. The molecule has 0 fully saturated rings. The molecule has 1 N–H and O–H groups in total. The third-order valence-corrected chi connectivity index (χ3v) is 5.29. The first-order valence-corrected chi connectivity index (χ1v) is 9.95. The van der Waals surface area contributed by atoms with Gasteiger partial charge in [0.1, 0.15) is 11.3 Å². The zero-order chi connectivity index (χ0) is 19.3. The van der Waals surface area contributed by atoms with E-state index in [2.05, 4.69) is 52.2 Å². The lowest BCUT2D eigenvalue weighted by Gasteiger charge is -2.18. The number of aryl methyl sites for hydroxylation is 4. The second-order valence-electron chi connectivity index (χ2n) is 6.26. The SMILES string of the molecule is CCCOc1c(Br)c(C)nc(C)c1C(=O)Nc1c(CC)cccc1CC. The molecule has 1 aromatic heterocycles. The Kier molecular flexibility index (Phi) is 7.21. The minimum absolute atomic E-state index is 0.183. The molecule has 5 heteroatoms. The lowest BCUT2D eigenvalue weighted by molar-refractivity contribution is 0.102. The van der Waals surface area contributed by atoms with E-state index >= 15 is 0 Å². The minimum Gasteiger partial charge on any atom is -0.491 e. The molecule has 0 bridgehead atoms. The Morgan fingerprint density at radius 1 is 1.12 bits per heavy atom. The summed E-state index contributed by atoms with van der Waals surface area (Å²) in [5, 5.41) is 3.12. The Hall–Kier alpha value is -1.88. The molecular weight excluding hydrogens is 392 g/mol. The van der Waals surface area contributed by atoms with E-state index in [-0.39, 0.29) is 5.91 Å². The third-order valence-electron chi connectivity index (χ3n) is 4.36. The highest BCUT2D eigenvalue weighted by atomic mass is 79.9. The van der Waals surface area contributed by atoms with E-state index in [1.807, 2.05) is 26.8 Å². The zero-order valence-corrected chi connectivity index (χ0v) is 17.8. The number of para-hydroxylation sites is 1. The molecule has 26 heavy (non-hydrogen) atoms. The van der Waals surface area contributed by atoms with Crippen LogP contribution in [-0.4, -0.2) is 17.5 Å². The van der Waals surface area contributed by atoms with Crippen LogP contribution in [0.4, 0.5) is 5.69 Å². The summed E-state index contributed by atoms with van der Waals surface area (Å²) in [4.78, 5) is 17.7. The largest absolute Gasteiger partial charge is 0.491 e. The van der Waals surface area contributed by atoms with E-state index < -0.39 is 0 Å². The Balaban J connectivity index is 2.50. The number of hydrogen-bond acceptors (Lipinski definition) is 3. The number of halogens is 1. The summed E-state index contributed by atoms with van der Waals surface area (Å²) in [6.07, 6.45) is 2.58. The van der Waals surface area contributed by atoms with Gasteiger partial charge >= 0.3 is 0 Å². The van der Waals surface area contributed by atoms with Crippen molar-refractivity contribution >= 4 is 27.5 Å². The first-order valence-electron chi connectivity index (χ1n) is 9.16. The highest BCUT2D eigenvalue weighted by Gasteiger charge is 2.23. The summed E-state index contributed by atoms with van der Waals surface area (Å²) in [7, 11) is 0. The Morgan fingerprint density at radius 2 is 1.73 bits per heavy atom. The molecule has 1 aromatic carbocycles. The molecule has 4 nitrogen and oxygen atoms in total. The minimum atomic E-state index is -0.183. The average molecular weight is 419 g/mol. The second kappa shape index (κ2) is 9.17. The number of aromatic nitrogens is 1. The van der Waals surface area contributed by atoms with E-state index in [1.54, 1.807) is 0 Å². The molecule has 1 amide bonds. The molecule has 0 aliphatic heterocycles. The van der Waals surface area contributed by atoms with Crippen LogP contribution in [0.25, 0.3) is 0 Å². The van der Waals surface area contributed by atoms with Gasteiger partial charge in [-0.1, -0.05) is 39.0 Å². The fourth-order valence-corrected chi connectivity index (χ4v) is 3.38. The maximum Gasteiger partial charge on any atom is 0.261 e. The molecule has 0 spiro atoms. The predicted octanol–water partition coefficient (Wildman–Crippen LogP) is 5.63. The van der Waals surface area contributed by atoms with Crippen LogP contribution in [0.5, 0.6) is 5.75 Å². The van der Waals surface area contributed by atoms with Crippen molar-refractivity contribution in [2.45, 2.75) is 53.9 Å². The van der Waals surface area contributed by atoms with Gasteiger partial charge in [-0.25, -0.2) is 0 Å². The summed E-state index contributed by atoms with van der Waals surface area (Å²) in [6, 6.07) is 6.15. The van der Waals surface area contributed by atoms with E-state index in [1.165, 1.54) is 0 Å². The zero-order valence-electron chi connectivity index (χ0n) is 16.2. The fraction of sp³-hybridized carbons (Fsp3) is 0.429. The maximum absolute atomic E-state index is 13.2. The summed E-state index contributed by atoms with van der Waals surface area (Å²) in [5.74, 6) is 0.388. The highest BCUT2D eigenvalue weighted by molar-refractivity contribution is 9.10. The number of carbonyl (C=O) groups excluding carboxylic acids is 1. The molecule has 1 heterocycles. The van der Waals surface area contributed by atoms with Gasteiger partial charge in [0.25, 0.3) is 5.91 Å². The molecule has 0 saturated carbocycles. The molecular formula is C21H27BrN2O2. The van der Waals surface area contributed by atoms with Crippen LogP contribution in [0.15, 0.2) is 22.7 Å². The van der Waals surface area contributed by atoms with Gasteiger partial charge in [0, 0.05) is 5.69 Å². The van der Waals surface area contributed by atoms with Crippen molar-refractivity contribution < 1.29 is 9.53 Å². The smallest absolute Gasteiger partial charge is 0.261 e. The molecule has 0 saturated heterocycles. The number of hydrogen-bond donors (Lipinski definition) is 1. The fourth-order valence-electron chi connectivity index (χ4n) is 2.98. The van der Waals surface area contributed by atoms with Crippen molar-refractivity contribution in [2.75, 3.05) is 11.9 Å². The van der Waals surface area contributed by atoms with Gasteiger partial charge < -0.3 is 10.1 Å². The summed E-state index contributed by atoms with van der Waals surface area (Å²) >= 11 is 3.54. The molecule has 0 radical (unpaired) electrons. The van der Waals surface area contributed by atoms with E-state index in [0.717, 1.165) is 46.2 Å². The molecule has 0 aliphatic carbocycles. The van der Waals surface area contributed by atoms with Gasteiger partial charge in [-0.2, -0.15) is 0 Å². The van der Waals surface area contributed by atoms with E-state index in [9.17, 15) is 4.79 Å². The average Bonchev–Trinajstić information content (AvgIpc) is 2.63. The van der Waals surface area contributed by atoms with Crippen LogP contribution in [-0.2, 0) is 12.8 Å². The first-order chi connectivity index (χ1) is 12.4. The molecule has 140 valence electrons. The van der Waals surface area contributed by atoms with Crippen LogP contribution in [0.2, 0.25) is 0 Å². The lowest BCUT2D eigenvalue weighted by Crippen LogP contribution is -2.19. The normalized spacial score (nSPS) is 10.7. The van der Waals surface area contributed by atoms with Crippen molar-refractivity contribution in [2.24, 2.45) is 0 Å². The van der Waals surface area contributed by atoms with E-state index in [0.29, 0.717) is 23.6 Å². The topological polar surface area (TPSA) is 51.2 Å². The number of nitrogens with zero attached hydrogens (tertiary/aromatic N) is 1. The van der Waals surface area contributed by atoms with Gasteiger partial charge in [-0.15, -0.1) is 0 Å². The van der Waals surface area contributed by atoms with Gasteiger partial charge in [0.2, 0.25) is 0 Å². The maximum atomic E-state index is 13.2. The molecule has 2 aromatic rings. The number of amides is 1. The number of nitrogens with one attached hydrogen (secondary N) is 1. The predicted molar refractivity (Wildman–Crippen MR) is 110 cm³/mol. The first kappa shape index (κ1) is 20.4. The van der Waals surface area contributed by atoms with Gasteiger partial charge in [-0.3, -0.25) is 9.78 Å².